The number of benzene rings is 1. The standard InChI is InChI=1S/C14H19NO2/c1-2-12(11-7-4-3-5-8-11)15-14(16)13-9-6-10-17-13/h3-5,7-8,12-13H,2,6,9-10H2,1H3,(H,15,16)/t12-,13+/m0/s1. The number of hydrogen-bond donors (Lipinski definition) is 1. The minimum absolute atomic E-state index is 0.0261. The van der Waals surface area contributed by atoms with Crippen LogP contribution in [0.5, 0.6) is 0 Å². The second kappa shape index (κ2) is 5.82. The van der Waals surface area contributed by atoms with Crippen molar-refractivity contribution in [2.24, 2.45) is 0 Å². The van der Waals surface area contributed by atoms with Crippen molar-refractivity contribution >= 4 is 5.91 Å². The molecule has 92 valence electrons. The molecule has 1 saturated heterocycles. The van der Waals surface area contributed by atoms with E-state index < -0.39 is 0 Å². The van der Waals surface area contributed by atoms with Gasteiger partial charge in [-0.1, -0.05) is 37.3 Å². The molecule has 1 aromatic rings. The summed E-state index contributed by atoms with van der Waals surface area (Å²) in [6, 6.07) is 10.2. The van der Waals surface area contributed by atoms with Gasteiger partial charge in [-0.25, -0.2) is 0 Å². The highest BCUT2D eigenvalue weighted by Gasteiger charge is 2.25. The molecule has 0 bridgehead atoms. The Morgan fingerprint density at radius 3 is 2.82 bits per heavy atom. The third kappa shape index (κ3) is 3.07. The van der Waals surface area contributed by atoms with E-state index in [-0.39, 0.29) is 18.1 Å². The van der Waals surface area contributed by atoms with Gasteiger partial charge in [0.15, 0.2) is 0 Å². The SMILES string of the molecule is CC[C@H](NC(=O)[C@H]1CCCO1)c1ccccc1. The minimum atomic E-state index is -0.243. The van der Waals surface area contributed by atoms with Gasteiger partial charge in [0, 0.05) is 6.61 Å². The van der Waals surface area contributed by atoms with Crippen molar-refractivity contribution in [2.45, 2.75) is 38.3 Å². The van der Waals surface area contributed by atoms with E-state index in [4.69, 9.17) is 4.74 Å². The first-order chi connectivity index (χ1) is 8.31. The summed E-state index contributed by atoms with van der Waals surface area (Å²) in [7, 11) is 0. The maximum atomic E-state index is 12.0. The van der Waals surface area contributed by atoms with Crippen LogP contribution in [0.2, 0.25) is 0 Å². The number of ether oxygens (including phenoxy) is 1. The lowest BCUT2D eigenvalue weighted by Gasteiger charge is -2.19. The Morgan fingerprint density at radius 1 is 1.47 bits per heavy atom. The highest BCUT2D eigenvalue weighted by Crippen LogP contribution is 2.18. The average Bonchev–Trinajstić information content (AvgIpc) is 2.90. The summed E-state index contributed by atoms with van der Waals surface area (Å²) in [5.74, 6) is 0.0261. The molecule has 1 N–H and O–H groups in total. The van der Waals surface area contributed by atoms with Gasteiger partial charge >= 0.3 is 0 Å². The molecule has 2 rings (SSSR count). The summed E-state index contributed by atoms with van der Waals surface area (Å²) in [5.41, 5.74) is 1.15. The van der Waals surface area contributed by atoms with E-state index in [1.54, 1.807) is 0 Å². The minimum Gasteiger partial charge on any atom is -0.368 e. The van der Waals surface area contributed by atoms with Crippen LogP contribution in [0.1, 0.15) is 37.8 Å². The molecule has 3 heteroatoms. The number of carbonyl (C=O) groups is 1. The van der Waals surface area contributed by atoms with Crippen LogP contribution in [0.25, 0.3) is 0 Å². The largest absolute Gasteiger partial charge is 0.368 e. The lowest BCUT2D eigenvalue weighted by molar-refractivity contribution is -0.130. The fourth-order valence-corrected chi connectivity index (χ4v) is 2.16. The Bertz CT molecular complexity index is 358. The average molecular weight is 233 g/mol. The zero-order valence-corrected chi connectivity index (χ0v) is 10.2. The van der Waals surface area contributed by atoms with Crippen molar-refractivity contribution in [3.05, 3.63) is 35.9 Å². The first-order valence-electron chi connectivity index (χ1n) is 6.28. The highest BCUT2D eigenvalue weighted by molar-refractivity contribution is 5.81. The van der Waals surface area contributed by atoms with Crippen LogP contribution in [-0.2, 0) is 9.53 Å². The van der Waals surface area contributed by atoms with Crippen molar-refractivity contribution < 1.29 is 9.53 Å². The van der Waals surface area contributed by atoms with Crippen LogP contribution in [0.4, 0.5) is 0 Å². The number of carbonyl (C=O) groups excluding carboxylic acids is 1. The van der Waals surface area contributed by atoms with Crippen molar-refractivity contribution in [1.29, 1.82) is 0 Å². The van der Waals surface area contributed by atoms with Gasteiger partial charge < -0.3 is 10.1 Å². The maximum absolute atomic E-state index is 12.0. The second-order valence-corrected chi connectivity index (χ2v) is 4.38. The molecule has 3 nitrogen and oxygen atoms in total. The molecule has 1 amide bonds. The molecule has 0 aliphatic carbocycles. The summed E-state index contributed by atoms with van der Waals surface area (Å²) >= 11 is 0. The molecule has 2 atom stereocenters. The second-order valence-electron chi connectivity index (χ2n) is 4.38. The Kier molecular flexibility index (Phi) is 4.15. The molecule has 1 fully saturated rings. The van der Waals surface area contributed by atoms with Gasteiger partial charge in [-0.05, 0) is 24.8 Å². The molecule has 1 aliphatic heterocycles. The van der Waals surface area contributed by atoms with Crippen molar-refractivity contribution in [1.82, 2.24) is 5.32 Å². The summed E-state index contributed by atoms with van der Waals surface area (Å²) in [6.07, 6.45) is 2.48. The Morgan fingerprint density at radius 2 is 2.24 bits per heavy atom. The first-order valence-corrected chi connectivity index (χ1v) is 6.28. The Hall–Kier alpha value is -1.35. The van der Waals surface area contributed by atoms with Crippen molar-refractivity contribution in [2.75, 3.05) is 6.61 Å². The van der Waals surface area contributed by atoms with Crippen molar-refractivity contribution in [3.63, 3.8) is 0 Å². The molecule has 0 saturated carbocycles. The molecule has 17 heavy (non-hydrogen) atoms. The van der Waals surface area contributed by atoms with Crippen LogP contribution in [0, 0.1) is 0 Å². The van der Waals surface area contributed by atoms with Gasteiger partial charge in [-0.15, -0.1) is 0 Å². The first kappa shape index (κ1) is 12.1. The summed E-state index contributed by atoms with van der Waals surface area (Å²) < 4.78 is 5.38. The van der Waals surface area contributed by atoms with Crippen LogP contribution < -0.4 is 5.32 Å². The lowest BCUT2D eigenvalue weighted by Crippen LogP contribution is -2.36. The summed E-state index contributed by atoms with van der Waals surface area (Å²) in [4.78, 5) is 12.0. The number of hydrogen-bond acceptors (Lipinski definition) is 2. The van der Waals surface area contributed by atoms with Gasteiger partial charge in [0.1, 0.15) is 6.10 Å². The Balaban J connectivity index is 1.97. The van der Waals surface area contributed by atoms with Gasteiger partial charge in [0.05, 0.1) is 6.04 Å². The van der Waals surface area contributed by atoms with E-state index in [0.717, 1.165) is 24.8 Å². The number of nitrogens with one attached hydrogen (secondary N) is 1. The molecular weight excluding hydrogens is 214 g/mol. The van der Waals surface area contributed by atoms with Gasteiger partial charge in [0.2, 0.25) is 5.91 Å². The molecular formula is C14H19NO2. The fourth-order valence-electron chi connectivity index (χ4n) is 2.16. The smallest absolute Gasteiger partial charge is 0.249 e. The maximum Gasteiger partial charge on any atom is 0.249 e. The molecule has 1 aliphatic rings. The van der Waals surface area contributed by atoms with Gasteiger partial charge in [0.25, 0.3) is 0 Å². The van der Waals surface area contributed by atoms with E-state index in [2.05, 4.69) is 12.2 Å². The van der Waals surface area contributed by atoms with Gasteiger partial charge in [-0.2, -0.15) is 0 Å². The molecule has 0 aromatic heterocycles. The van der Waals surface area contributed by atoms with E-state index in [9.17, 15) is 4.79 Å². The molecule has 1 aromatic carbocycles. The quantitative estimate of drug-likeness (QED) is 0.867. The molecule has 1 heterocycles. The predicted octanol–water partition coefficient (Wildman–Crippen LogP) is 2.43. The fraction of sp³-hybridized carbons (Fsp3) is 0.500. The van der Waals surface area contributed by atoms with Crippen LogP contribution in [0.15, 0.2) is 30.3 Å². The molecule has 0 unspecified atom stereocenters. The number of amides is 1. The third-order valence-electron chi connectivity index (χ3n) is 3.15. The third-order valence-corrected chi connectivity index (χ3v) is 3.15. The number of rotatable bonds is 4. The predicted molar refractivity (Wildman–Crippen MR) is 66.6 cm³/mol. The molecule has 0 spiro atoms. The zero-order chi connectivity index (χ0) is 12.1. The van der Waals surface area contributed by atoms with Gasteiger partial charge in [-0.3, -0.25) is 4.79 Å². The van der Waals surface area contributed by atoms with E-state index >= 15 is 0 Å². The van der Waals surface area contributed by atoms with E-state index in [1.165, 1.54) is 0 Å². The Labute approximate surface area is 102 Å². The highest BCUT2D eigenvalue weighted by atomic mass is 16.5. The summed E-state index contributed by atoms with van der Waals surface area (Å²) in [5, 5.41) is 3.06. The summed E-state index contributed by atoms with van der Waals surface area (Å²) in [6.45, 7) is 2.79. The van der Waals surface area contributed by atoms with E-state index in [1.807, 2.05) is 30.3 Å². The van der Waals surface area contributed by atoms with Crippen LogP contribution >= 0.6 is 0 Å². The van der Waals surface area contributed by atoms with Crippen LogP contribution in [-0.4, -0.2) is 18.6 Å². The van der Waals surface area contributed by atoms with Crippen molar-refractivity contribution in [3.8, 4) is 0 Å². The normalized spacial score (nSPS) is 21.1. The van der Waals surface area contributed by atoms with E-state index in [0.29, 0.717) is 6.61 Å². The van der Waals surface area contributed by atoms with Crippen LogP contribution in [0.3, 0.4) is 0 Å². The lowest BCUT2D eigenvalue weighted by atomic mass is 10.0. The zero-order valence-electron chi connectivity index (χ0n) is 10.2. The molecule has 0 radical (unpaired) electrons. The topological polar surface area (TPSA) is 38.3 Å². The monoisotopic (exact) mass is 233 g/mol.